The second kappa shape index (κ2) is 6.96. The van der Waals surface area contributed by atoms with Crippen molar-refractivity contribution in [2.24, 2.45) is 11.7 Å². The maximum absolute atomic E-state index is 11.3. The molecule has 11 heteroatoms. The van der Waals surface area contributed by atoms with Crippen molar-refractivity contribution in [3.05, 3.63) is 29.3 Å². The third kappa shape index (κ3) is 4.54. The number of nitrogens with two attached hydrogens (primary N) is 2. The molecule has 0 aliphatic rings. The van der Waals surface area contributed by atoms with Crippen LogP contribution in [0.5, 0.6) is 0 Å². The molecule has 0 unspecified atom stereocenters. The first-order valence-corrected chi connectivity index (χ1v) is 5.88. The number of rotatable bonds is 3. The Hall–Kier alpha value is -1.01. The maximum atomic E-state index is 11.3. The summed E-state index contributed by atoms with van der Waals surface area (Å²) in [4.78, 5) is 21.9. The van der Waals surface area contributed by atoms with E-state index in [-0.39, 0.29) is 40.7 Å². The second-order valence-electron chi connectivity index (χ2n) is 3.17. The molecule has 0 bridgehead atoms. The minimum Gasteiger partial charge on any atom is -0.290 e. The molecule has 0 heterocycles. The zero-order valence-corrected chi connectivity index (χ0v) is 12.7. The molecule has 9 nitrogen and oxygen atoms in total. The second-order valence-corrected chi connectivity index (χ2v) is 4.59. The molecular formula is C8H10N4NaO5S. The van der Waals surface area contributed by atoms with Gasteiger partial charge < -0.3 is 0 Å². The number of hydrogen-bond acceptors (Lipinski definition) is 6. The number of carbonyl (C=O) groups is 2. The van der Waals surface area contributed by atoms with Gasteiger partial charge in [-0.05, 0) is 18.2 Å². The third-order valence-corrected chi connectivity index (χ3v) is 2.82. The first-order valence-electron chi connectivity index (χ1n) is 4.44. The van der Waals surface area contributed by atoms with Crippen LogP contribution in [0.4, 0.5) is 0 Å². The van der Waals surface area contributed by atoms with Crippen LogP contribution in [-0.4, -0.2) is 54.3 Å². The van der Waals surface area contributed by atoms with E-state index in [1.807, 2.05) is 0 Å². The summed E-state index contributed by atoms with van der Waals surface area (Å²) in [5, 5.41) is 0. The van der Waals surface area contributed by atoms with Gasteiger partial charge in [-0.25, -0.2) is 11.7 Å². The molecule has 99 valence electrons. The summed E-state index contributed by atoms with van der Waals surface area (Å²) in [6.07, 6.45) is 0. The quantitative estimate of drug-likeness (QED) is 0.138. The number of amides is 2. The predicted molar refractivity (Wildman–Crippen MR) is 65.3 cm³/mol. The smallest absolute Gasteiger partial charge is 0.290 e. The van der Waals surface area contributed by atoms with E-state index in [2.05, 4.69) is 0 Å². The van der Waals surface area contributed by atoms with Crippen LogP contribution < -0.4 is 22.5 Å². The van der Waals surface area contributed by atoms with Crippen molar-refractivity contribution in [1.29, 1.82) is 0 Å². The fraction of sp³-hybridized carbons (Fsp3) is 0. The molecule has 0 aromatic heterocycles. The summed E-state index contributed by atoms with van der Waals surface area (Å²) in [6.45, 7) is 0. The van der Waals surface area contributed by atoms with E-state index in [9.17, 15) is 18.0 Å². The molecule has 1 aromatic rings. The number of hydrazine groups is 2. The van der Waals surface area contributed by atoms with Crippen molar-refractivity contribution in [1.82, 2.24) is 10.9 Å². The normalized spacial score (nSPS) is 10.3. The maximum Gasteiger partial charge on any atom is 0.294 e. The van der Waals surface area contributed by atoms with Crippen molar-refractivity contribution < 1.29 is 22.6 Å². The SMILES string of the molecule is NNC(=O)c1cc(C(=O)NN)cc(S(=O)(=O)O)c1.[Na]. The average Bonchev–Trinajstić information content (AvgIpc) is 2.35. The Kier molecular flexibility index (Phi) is 6.59. The van der Waals surface area contributed by atoms with Crippen LogP contribution in [0.3, 0.4) is 0 Å². The molecule has 0 saturated heterocycles. The molecule has 19 heavy (non-hydrogen) atoms. The summed E-state index contributed by atoms with van der Waals surface area (Å²) >= 11 is 0. The van der Waals surface area contributed by atoms with Gasteiger partial charge in [0.15, 0.2) is 0 Å². The molecule has 0 aliphatic carbocycles. The topological polar surface area (TPSA) is 165 Å². The molecule has 1 radical (unpaired) electrons. The predicted octanol–water partition coefficient (Wildman–Crippen LogP) is -2.24. The third-order valence-electron chi connectivity index (χ3n) is 1.99. The molecular weight excluding hydrogens is 287 g/mol. The van der Waals surface area contributed by atoms with E-state index in [0.717, 1.165) is 18.2 Å². The van der Waals surface area contributed by atoms with E-state index < -0.39 is 26.8 Å². The summed E-state index contributed by atoms with van der Waals surface area (Å²) in [5.41, 5.74) is 3.10. The number of hydrogen-bond donors (Lipinski definition) is 5. The molecule has 2 amide bonds. The van der Waals surface area contributed by atoms with Crippen molar-refractivity contribution in [2.45, 2.75) is 4.90 Å². The molecule has 1 rings (SSSR count). The van der Waals surface area contributed by atoms with E-state index in [4.69, 9.17) is 16.2 Å². The molecule has 0 fully saturated rings. The van der Waals surface area contributed by atoms with E-state index in [0.29, 0.717) is 0 Å². The molecule has 0 atom stereocenters. The first-order chi connectivity index (χ1) is 8.29. The minimum atomic E-state index is -4.57. The van der Waals surface area contributed by atoms with Gasteiger partial charge >= 0.3 is 0 Å². The Labute approximate surface area is 130 Å². The van der Waals surface area contributed by atoms with Gasteiger partial charge in [-0.3, -0.25) is 25.0 Å². The largest absolute Gasteiger partial charge is 0.294 e. The Morgan fingerprint density at radius 2 is 1.37 bits per heavy atom. The molecule has 1 aromatic carbocycles. The van der Waals surface area contributed by atoms with Gasteiger partial charge in [0.1, 0.15) is 0 Å². The van der Waals surface area contributed by atoms with Crippen molar-refractivity contribution in [3.8, 4) is 0 Å². The number of carbonyl (C=O) groups excluding carboxylic acids is 2. The van der Waals surface area contributed by atoms with Crippen LogP contribution >= 0.6 is 0 Å². The monoisotopic (exact) mass is 297 g/mol. The average molecular weight is 297 g/mol. The van der Waals surface area contributed by atoms with Crippen molar-refractivity contribution in [2.75, 3.05) is 0 Å². The zero-order valence-electron chi connectivity index (χ0n) is 9.88. The minimum absolute atomic E-state index is 0. The fourth-order valence-corrected chi connectivity index (χ4v) is 1.73. The van der Waals surface area contributed by atoms with Gasteiger partial charge in [0.2, 0.25) is 0 Å². The van der Waals surface area contributed by atoms with Crippen LogP contribution in [0, 0.1) is 0 Å². The molecule has 0 spiro atoms. The standard InChI is InChI=1S/C8H10N4O5S.Na/c9-11-7(13)4-1-5(8(14)12-10)3-6(2-4)18(15,16)17;/h1-3H,9-10H2,(H,11,13)(H,12,14)(H,15,16,17);. The van der Waals surface area contributed by atoms with Crippen LogP contribution in [0.25, 0.3) is 0 Å². The van der Waals surface area contributed by atoms with Crippen LogP contribution in [0.2, 0.25) is 0 Å². The summed E-state index contributed by atoms with van der Waals surface area (Å²) in [6, 6.07) is 2.80. The van der Waals surface area contributed by atoms with Crippen molar-refractivity contribution >= 4 is 51.5 Å². The summed E-state index contributed by atoms with van der Waals surface area (Å²) in [5.74, 6) is 8.12. The fourth-order valence-electron chi connectivity index (χ4n) is 1.18. The molecule has 0 saturated carbocycles. The Balaban J connectivity index is 0.00000324. The van der Waals surface area contributed by atoms with Gasteiger partial charge in [0, 0.05) is 40.7 Å². The number of benzene rings is 1. The van der Waals surface area contributed by atoms with Gasteiger partial charge in [0.25, 0.3) is 21.9 Å². The van der Waals surface area contributed by atoms with E-state index in [1.54, 1.807) is 10.9 Å². The zero-order chi connectivity index (χ0) is 13.9. The van der Waals surface area contributed by atoms with Gasteiger partial charge in [0.05, 0.1) is 4.90 Å². The molecule has 0 aliphatic heterocycles. The van der Waals surface area contributed by atoms with E-state index >= 15 is 0 Å². The van der Waals surface area contributed by atoms with E-state index in [1.165, 1.54) is 0 Å². The summed E-state index contributed by atoms with van der Waals surface area (Å²) in [7, 11) is -4.57. The van der Waals surface area contributed by atoms with Crippen LogP contribution in [0.1, 0.15) is 20.7 Å². The van der Waals surface area contributed by atoms with Gasteiger partial charge in [-0.2, -0.15) is 8.42 Å². The Bertz CT molecular complexity index is 569. The van der Waals surface area contributed by atoms with Crippen molar-refractivity contribution in [3.63, 3.8) is 0 Å². The first kappa shape index (κ1) is 18.0. The summed E-state index contributed by atoms with van der Waals surface area (Å²) < 4.78 is 30.9. The number of nitrogens with one attached hydrogen (secondary N) is 2. The van der Waals surface area contributed by atoms with Gasteiger partial charge in [-0.15, -0.1) is 0 Å². The molecule has 7 N–H and O–H groups in total. The Morgan fingerprint density at radius 1 is 1.00 bits per heavy atom. The van der Waals surface area contributed by atoms with Crippen LogP contribution in [-0.2, 0) is 10.1 Å². The van der Waals surface area contributed by atoms with Crippen LogP contribution in [0.15, 0.2) is 23.1 Å². The Morgan fingerprint density at radius 3 is 1.63 bits per heavy atom. The number of nitrogen functional groups attached to an aromatic ring is 2. The van der Waals surface area contributed by atoms with Gasteiger partial charge in [-0.1, -0.05) is 0 Å².